The van der Waals surface area contributed by atoms with Gasteiger partial charge in [-0.15, -0.1) is 0 Å². The first-order valence-electron chi connectivity index (χ1n) is 6.72. The standard InChI is InChI=1S/C18H20O2/c1-18(2,3)17(19)14-10-11-16(20-4)15(12-14)13-8-6-5-7-9-13/h5-12H,1-4H3. The Morgan fingerprint density at radius 3 is 2.20 bits per heavy atom. The molecule has 0 atom stereocenters. The van der Waals surface area contributed by atoms with Crippen LogP contribution in [0.5, 0.6) is 5.75 Å². The van der Waals surface area contributed by atoms with Crippen LogP contribution in [0.4, 0.5) is 0 Å². The van der Waals surface area contributed by atoms with E-state index in [1.807, 2.05) is 69.3 Å². The average Bonchev–Trinajstić information content (AvgIpc) is 2.45. The Labute approximate surface area is 120 Å². The van der Waals surface area contributed by atoms with E-state index in [1.54, 1.807) is 7.11 Å². The molecule has 0 aliphatic heterocycles. The molecule has 0 saturated carbocycles. The number of rotatable bonds is 3. The Morgan fingerprint density at radius 1 is 1.00 bits per heavy atom. The van der Waals surface area contributed by atoms with Crippen molar-refractivity contribution in [3.05, 3.63) is 54.1 Å². The molecule has 2 aromatic carbocycles. The van der Waals surface area contributed by atoms with Gasteiger partial charge in [-0.2, -0.15) is 0 Å². The highest BCUT2D eigenvalue weighted by Gasteiger charge is 2.23. The number of carbonyl (C=O) groups is 1. The Morgan fingerprint density at radius 2 is 1.65 bits per heavy atom. The van der Waals surface area contributed by atoms with Crippen LogP contribution >= 0.6 is 0 Å². The van der Waals surface area contributed by atoms with E-state index in [0.29, 0.717) is 0 Å². The minimum atomic E-state index is -0.386. The third-order valence-electron chi connectivity index (χ3n) is 3.23. The molecule has 0 saturated heterocycles. The molecule has 0 fully saturated rings. The first-order valence-corrected chi connectivity index (χ1v) is 6.72. The van der Waals surface area contributed by atoms with Crippen LogP contribution in [0.15, 0.2) is 48.5 Å². The van der Waals surface area contributed by atoms with Gasteiger partial charge >= 0.3 is 0 Å². The van der Waals surface area contributed by atoms with Gasteiger partial charge in [0, 0.05) is 16.5 Å². The summed E-state index contributed by atoms with van der Waals surface area (Å²) in [4.78, 5) is 12.4. The summed E-state index contributed by atoms with van der Waals surface area (Å²) < 4.78 is 5.41. The van der Waals surface area contributed by atoms with Crippen molar-refractivity contribution in [2.24, 2.45) is 5.41 Å². The fraction of sp³-hybridized carbons (Fsp3) is 0.278. The van der Waals surface area contributed by atoms with Crippen LogP contribution in [-0.2, 0) is 0 Å². The van der Waals surface area contributed by atoms with E-state index in [-0.39, 0.29) is 11.2 Å². The van der Waals surface area contributed by atoms with Crippen molar-refractivity contribution in [2.45, 2.75) is 20.8 Å². The number of hydrogen-bond acceptors (Lipinski definition) is 2. The first-order chi connectivity index (χ1) is 9.43. The molecule has 0 N–H and O–H groups in total. The molecule has 0 aliphatic carbocycles. The molecular formula is C18H20O2. The van der Waals surface area contributed by atoms with Crippen LogP contribution in [0.3, 0.4) is 0 Å². The number of methoxy groups -OCH3 is 1. The summed E-state index contributed by atoms with van der Waals surface area (Å²) in [5.74, 6) is 0.916. The quantitative estimate of drug-likeness (QED) is 0.761. The Hall–Kier alpha value is -2.09. The summed E-state index contributed by atoms with van der Waals surface area (Å²) in [7, 11) is 1.65. The lowest BCUT2D eigenvalue weighted by molar-refractivity contribution is 0.0858. The molecular weight excluding hydrogens is 248 g/mol. The second-order valence-corrected chi connectivity index (χ2v) is 5.86. The van der Waals surface area contributed by atoms with E-state index >= 15 is 0 Å². The summed E-state index contributed by atoms with van der Waals surface area (Å²) in [5.41, 5.74) is 2.33. The maximum absolute atomic E-state index is 12.4. The lowest BCUT2D eigenvalue weighted by atomic mass is 9.85. The van der Waals surface area contributed by atoms with E-state index in [0.717, 1.165) is 22.4 Å². The number of ketones is 1. The van der Waals surface area contributed by atoms with Gasteiger partial charge in [0.1, 0.15) is 5.75 Å². The van der Waals surface area contributed by atoms with Gasteiger partial charge in [0.25, 0.3) is 0 Å². The van der Waals surface area contributed by atoms with Gasteiger partial charge in [-0.3, -0.25) is 4.79 Å². The second kappa shape index (κ2) is 5.49. The van der Waals surface area contributed by atoms with Crippen LogP contribution in [0.25, 0.3) is 11.1 Å². The predicted octanol–water partition coefficient (Wildman–Crippen LogP) is 4.59. The van der Waals surface area contributed by atoms with E-state index in [9.17, 15) is 4.79 Å². The van der Waals surface area contributed by atoms with Gasteiger partial charge in [0.05, 0.1) is 7.11 Å². The smallest absolute Gasteiger partial charge is 0.168 e. The topological polar surface area (TPSA) is 26.3 Å². The SMILES string of the molecule is COc1ccc(C(=O)C(C)(C)C)cc1-c1ccccc1. The number of hydrogen-bond donors (Lipinski definition) is 0. The molecule has 2 nitrogen and oxygen atoms in total. The fourth-order valence-electron chi connectivity index (χ4n) is 2.13. The normalized spacial score (nSPS) is 11.2. The highest BCUT2D eigenvalue weighted by molar-refractivity contribution is 6.01. The Balaban J connectivity index is 2.53. The molecule has 2 heteroatoms. The van der Waals surface area contributed by atoms with Crippen molar-refractivity contribution < 1.29 is 9.53 Å². The van der Waals surface area contributed by atoms with E-state index in [2.05, 4.69) is 0 Å². The molecule has 0 aliphatic rings. The lowest BCUT2D eigenvalue weighted by Gasteiger charge is -2.18. The molecule has 0 radical (unpaired) electrons. The van der Waals surface area contributed by atoms with Crippen LogP contribution in [0.1, 0.15) is 31.1 Å². The number of ether oxygens (including phenoxy) is 1. The lowest BCUT2D eigenvalue weighted by Crippen LogP contribution is -2.20. The molecule has 0 bridgehead atoms. The third kappa shape index (κ3) is 2.90. The highest BCUT2D eigenvalue weighted by Crippen LogP contribution is 2.32. The molecule has 0 spiro atoms. The van der Waals surface area contributed by atoms with Crippen LogP contribution < -0.4 is 4.74 Å². The van der Waals surface area contributed by atoms with Crippen molar-refractivity contribution >= 4 is 5.78 Å². The Bertz CT molecular complexity index is 607. The van der Waals surface area contributed by atoms with E-state index in [1.165, 1.54) is 0 Å². The van der Waals surface area contributed by atoms with Crippen molar-refractivity contribution in [3.8, 4) is 16.9 Å². The summed E-state index contributed by atoms with van der Waals surface area (Å²) in [6, 6.07) is 15.6. The van der Waals surface area contributed by atoms with Crippen molar-refractivity contribution in [1.82, 2.24) is 0 Å². The third-order valence-corrected chi connectivity index (χ3v) is 3.23. The zero-order chi connectivity index (χ0) is 14.8. The van der Waals surface area contributed by atoms with Crippen molar-refractivity contribution in [1.29, 1.82) is 0 Å². The maximum Gasteiger partial charge on any atom is 0.168 e. The molecule has 0 amide bonds. The van der Waals surface area contributed by atoms with Gasteiger partial charge < -0.3 is 4.74 Å². The van der Waals surface area contributed by atoms with E-state index < -0.39 is 0 Å². The molecule has 20 heavy (non-hydrogen) atoms. The van der Waals surface area contributed by atoms with Gasteiger partial charge in [-0.1, -0.05) is 51.1 Å². The summed E-state index contributed by atoms with van der Waals surface area (Å²) in [6.45, 7) is 5.80. The monoisotopic (exact) mass is 268 g/mol. The number of Topliss-reactive ketones (excluding diaryl/α,β-unsaturated/α-hetero) is 1. The molecule has 0 unspecified atom stereocenters. The molecule has 2 rings (SSSR count). The van der Waals surface area contributed by atoms with Gasteiger partial charge in [-0.25, -0.2) is 0 Å². The number of carbonyl (C=O) groups excluding carboxylic acids is 1. The van der Waals surface area contributed by atoms with Crippen LogP contribution in [0.2, 0.25) is 0 Å². The Kier molecular flexibility index (Phi) is 3.93. The predicted molar refractivity (Wildman–Crippen MR) is 82.2 cm³/mol. The number of benzene rings is 2. The average molecular weight is 268 g/mol. The van der Waals surface area contributed by atoms with Gasteiger partial charge in [0.15, 0.2) is 5.78 Å². The summed E-state index contributed by atoms with van der Waals surface area (Å²) in [5, 5.41) is 0. The summed E-state index contributed by atoms with van der Waals surface area (Å²) in [6.07, 6.45) is 0. The largest absolute Gasteiger partial charge is 0.496 e. The van der Waals surface area contributed by atoms with Crippen molar-refractivity contribution in [2.75, 3.05) is 7.11 Å². The van der Waals surface area contributed by atoms with E-state index in [4.69, 9.17) is 4.74 Å². The van der Waals surface area contributed by atoms with Crippen molar-refractivity contribution in [3.63, 3.8) is 0 Å². The first kappa shape index (κ1) is 14.3. The molecule has 2 aromatic rings. The molecule has 0 heterocycles. The van der Waals surface area contributed by atoms with Gasteiger partial charge in [0.2, 0.25) is 0 Å². The molecule has 104 valence electrons. The van der Waals surface area contributed by atoms with Crippen LogP contribution in [0, 0.1) is 5.41 Å². The zero-order valence-electron chi connectivity index (χ0n) is 12.4. The fourth-order valence-corrected chi connectivity index (χ4v) is 2.13. The molecule has 0 aromatic heterocycles. The van der Waals surface area contributed by atoms with Crippen LogP contribution in [-0.4, -0.2) is 12.9 Å². The summed E-state index contributed by atoms with van der Waals surface area (Å²) >= 11 is 0. The maximum atomic E-state index is 12.4. The minimum Gasteiger partial charge on any atom is -0.496 e. The van der Waals surface area contributed by atoms with Gasteiger partial charge in [-0.05, 0) is 23.8 Å². The minimum absolute atomic E-state index is 0.136. The zero-order valence-corrected chi connectivity index (χ0v) is 12.4. The second-order valence-electron chi connectivity index (χ2n) is 5.86. The highest BCUT2D eigenvalue weighted by atomic mass is 16.5.